The third kappa shape index (κ3) is 2.62. The predicted octanol–water partition coefficient (Wildman–Crippen LogP) is 5.70. The standard InChI is InChI=1S/C16H16BrCl/c1-10-7-8-11(2)14(9-10)16(18)13-6-4-5-12(3)15(13)17/h4-9,16H,1-3H3. The molecule has 0 aromatic heterocycles. The molecule has 0 radical (unpaired) electrons. The first-order valence-corrected chi connectivity index (χ1v) is 7.20. The summed E-state index contributed by atoms with van der Waals surface area (Å²) in [5.74, 6) is 0. The van der Waals surface area contributed by atoms with Crippen LogP contribution in [-0.4, -0.2) is 0 Å². The maximum Gasteiger partial charge on any atom is 0.0849 e. The van der Waals surface area contributed by atoms with Gasteiger partial charge in [-0.05, 0) is 43.0 Å². The number of rotatable bonds is 2. The van der Waals surface area contributed by atoms with Gasteiger partial charge in [-0.2, -0.15) is 0 Å². The molecule has 0 amide bonds. The number of alkyl halides is 1. The molecule has 0 bridgehead atoms. The van der Waals surface area contributed by atoms with Crippen LogP contribution < -0.4 is 0 Å². The molecule has 0 spiro atoms. The second-order valence-corrected chi connectivity index (χ2v) is 5.93. The summed E-state index contributed by atoms with van der Waals surface area (Å²) in [7, 11) is 0. The number of hydrogen-bond acceptors (Lipinski definition) is 0. The third-order valence-electron chi connectivity index (χ3n) is 3.20. The molecule has 0 saturated heterocycles. The maximum absolute atomic E-state index is 6.66. The molecule has 0 aliphatic rings. The van der Waals surface area contributed by atoms with Gasteiger partial charge in [0.15, 0.2) is 0 Å². The van der Waals surface area contributed by atoms with Gasteiger partial charge in [-0.15, -0.1) is 11.6 Å². The highest BCUT2D eigenvalue weighted by atomic mass is 79.9. The van der Waals surface area contributed by atoms with E-state index in [9.17, 15) is 0 Å². The first-order chi connectivity index (χ1) is 8.50. The predicted molar refractivity (Wildman–Crippen MR) is 82.5 cm³/mol. The molecule has 2 rings (SSSR count). The van der Waals surface area contributed by atoms with Crippen molar-refractivity contribution in [1.29, 1.82) is 0 Å². The average Bonchev–Trinajstić information content (AvgIpc) is 2.35. The van der Waals surface area contributed by atoms with Crippen molar-refractivity contribution >= 4 is 27.5 Å². The highest BCUT2D eigenvalue weighted by Crippen LogP contribution is 2.36. The van der Waals surface area contributed by atoms with Crippen LogP contribution in [0.3, 0.4) is 0 Å². The van der Waals surface area contributed by atoms with Gasteiger partial charge in [0, 0.05) is 4.47 Å². The summed E-state index contributed by atoms with van der Waals surface area (Å²) in [4.78, 5) is 0. The molecule has 0 fully saturated rings. The normalized spacial score (nSPS) is 12.5. The minimum absolute atomic E-state index is 0.112. The van der Waals surface area contributed by atoms with E-state index < -0.39 is 0 Å². The Kier molecular flexibility index (Phi) is 4.14. The lowest BCUT2D eigenvalue weighted by Crippen LogP contribution is -1.99. The van der Waals surface area contributed by atoms with Gasteiger partial charge in [-0.25, -0.2) is 0 Å². The van der Waals surface area contributed by atoms with E-state index >= 15 is 0 Å². The Bertz CT molecular complexity index is 573. The lowest BCUT2D eigenvalue weighted by Gasteiger charge is -2.16. The highest BCUT2D eigenvalue weighted by molar-refractivity contribution is 9.10. The molecular weight excluding hydrogens is 308 g/mol. The quantitative estimate of drug-likeness (QED) is 0.622. The van der Waals surface area contributed by atoms with Crippen LogP contribution in [0.5, 0.6) is 0 Å². The minimum Gasteiger partial charge on any atom is -0.113 e. The first kappa shape index (κ1) is 13.6. The van der Waals surface area contributed by atoms with Gasteiger partial charge in [-0.3, -0.25) is 0 Å². The van der Waals surface area contributed by atoms with E-state index in [1.807, 2.05) is 0 Å². The summed E-state index contributed by atoms with van der Waals surface area (Å²) in [6.45, 7) is 6.28. The SMILES string of the molecule is Cc1ccc(C)c(C(Cl)c2cccc(C)c2Br)c1. The molecule has 0 heterocycles. The topological polar surface area (TPSA) is 0 Å². The van der Waals surface area contributed by atoms with Crippen LogP contribution in [0.4, 0.5) is 0 Å². The average molecular weight is 324 g/mol. The Morgan fingerprint density at radius 2 is 1.67 bits per heavy atom. The molecule has 2 aromatic rings. The zero-order chi connectivity index (χ0) is 13.3. The van der Waals surface area contributed by atoms with Gasteiger partial charge >= 0.3 is 0 Å². The zero-order valence-electron chi connectivity index (χ0n) is 10.8. The van der Waals surface area contributed by atoms with E-state index in [0.717, 1.165) is 10.0 Å². The molecule has 1 atom stereocenters. The Morgan fingerprint density at radius 1 is 0.944 bits per heavy atom. The fraction of sp³-hybridized carbons (Fsp3) is 0.250. The lowest BCUT2D eigenvalue weighted by atomic mass is 9.97. The van der Waals surface area contributed by atoms with E-state index in [-0.39, 0.29) is 5.38 Å². The van der Waals surface area contributed by atoms with Crippen molar-refractivity contribution in [3.8, 4) is 0 Å². The molecule has 2 aromatic carbocycles. The fourth-order valence-electron chi connectivity index (χ4n) is 2.07. The second-order valence-electron chi connectivity index (χ2n) is 4.70. The molecule has 18 heavy (non-hydrogen) atoms. The maximum atomic E-state index is 6.66. The summed E-state index contributed by atoms with van der Waals surface area (Å²) in [6, 6.07) is 12.6. The van der Waals surface area contributed by atoms with Gasteiger partial charge < -0.3 is 0 Å². The number of aryl methyl sites for hydroxylation is 3. The third-order valence-corrected chi connectivity index (χ3v) is 4.76. The van der Waals surface area contributed by atoms with Crippen molar-refractivity contribution in [2.24, 2.45) is 0 Å². The van der Waals surface area contributed by atoms with Crippen molar-refractivity contribution < 1.29 is 0 Å². The van der Waals surface area contributed by atoms with Gasteiger partial charge in [0.25, 0.3) is 0 Å². The van der Waals surface area contributed by atoms with Crippen LogP contribution in [0.1, 0.15) is 33.2 Å². The molecule has 1 unspecified atom stereocenters. The first-order valence-electron chi connectivity index (χ1n) is 5.97. The second kappa shape index (κ2) is 5.46. The van der Waals surface area contributed by atoms with Crippen LogP contribution in [0.2, 0.25) is 0 Å². The number of halogens is 2. The highest BCUT2D eigenvalue weighted by Gasteiger charge is 2.16. The van der Waals surface area contributed by atoms with Crippen molar-refractivity contribution in [1.82, 2.24) is 0 Å². The lowest BCUT2D eigenvalue weighted by molar-refractivity contribution is 1.08. The van der Waals surface area contributed by atoms with Crippen molar-refractivity contribution in [2.75, 3.05) is 0 Å². The summed E-state index contributed by atoms with van der Waals surface area (Å²) < 4.78 is 1.10. The molecule has 0 aliphatic heterocycles. The Morgan fingerprint density at radius 3 is 2.39 bits per heavy atom. The van der Waals surface area contributed by atoms with Crippen LogP contribution in [0.15, 0.2) is 40.9 Å². The van der Waals surface area contributed by atoms with Gasteiger partial charge in [0.2, 0.25) is 0 Å². The molecule has 0 saturated carbocycles. The smallest absolute Gasteiger partial charge is 0.0849 e. The Balaban J connectivity index is 2.51. The molecule has 0 N–H and O–H groups in total. The summed E-state index contributed by atoms with van der Waals surface area (Å²) in [5.41, 5.74) is 6.00. The monoisotopic (exact) mass is 322 g/mol. The number of hydrogen-bond donors (Lipinski definition) is 0. The van der Waals surface area contributed by atoms with E-state index in [4.69, 9.17) is 11.6 Å². The van der Waals surface area contributed by atoms with Crippen LogP contribution in [-0.2, 0) is 0 Å². The van der Waals surface area contributed by atoms with Crippen molar-refractivity contribution in [3.63, 3.8) is 0 Å². The van der Waals surface area contributed by atoms with Crippen molar-refractivity contribution in [3.05, 3.63) is 68.7 Å². The zero-order valence-corrected chi connectivity index (χ0v) is 13.1. The molecule has 2 heteroatoms. The van der Waals surface area contributed by atoms with E-state index in [1.54, 1.807) is 0 Å². The fourth-order valence-corrected chi connectivity index (χ4v) is 3.11. The molecular formula is C16H16BrCl. The van der Waals surface area contributed by atoms with Gasteiger partial charge in [-0.1, -0.05) is 57.9 Å². The van der Waals surface area contributed by atoms with E-state index in [0.29, 0.717) is 0 Å². The van der Waals surface area contributed by atoms with Crippen LogP contribution >= 0.6 is 27.5 Å². The minimum atomic E-state index is -0.112. The number of benzene rings is 2. The Labute approximate surface area is 122 Å². The largest absolute Gasteiger partial charge is 0.113 e. The molecule has 0 nitrogen and oxygen atoms in total. The molecule has 0 aliphatic carbocycles. The summed E-state index contributed by atoms with van der Waals surface area (Å²) >= 11 is 10.3. The van der Waals surface area contributed by atoms with E-state index in [1.165, 1.54) is 22.3 Å². The van der Waals surface area contributed by atoms with Crippen molar-refractivity contribution in [2.45, 2.75) is 26.1 Å². The Hall–Kier alpha value is -0.790. The molecule has 94 valence electrons. The summed E-state index contributed by atoms with van der Waals surface area (Å²) in [6.07, 6.45) is 0. The summed E-state index contributed by atoms with van der Waals surface area (Å²) in [5, 5.41) is -0.112. The van der Waals surface area contributed by atoms with Gasteiger partial charge in [0.05, 0.1) is 5.38 Å². The van der Waals surface area contributed by atoms with E-state index in [2.05, 4.69) is 73.1 Å². The van der Waals surface area contributed by atoms with Crippen LogP contribution in [0, 0.1) is 20.8 Å². The van der Waals surface area contributed by atoms with Crippen LogP contribution in [0.25, 0.3) is 0 Å². The van der Waals surface area contributed by atoms with Gasteiger partial charge in [0.1, 0.15) is 0 Å².